The van der Waals surface area contributed by atoms with Crippen molar-refractivity contribution in [1.29, 1.82) is 0 Å². The van der Waals surface area contributed by atoms with Crippen LogP contribution in [0.2, 0.25) is 0 Å². The topological polar surface area (TPSA) is 32.3 Å². The number of benzene rings is 1. The minimum absolute atomic E-state index is 0.0449. The average Bonchev–Trinajstić information content (AvgIpc) is 3.04. The number of halogens is 3. The molecule has 7 heteroatoms. The van der Waals surface area contributed by atoms with E-state index in [9.17, 15) is 18.0 Å². The predicted octanol–water partition coefficient (Wildman–Crippen LogP) is 3.90. The van der Waals surface area contributed by atoms with Crippen molar-refractivity contribution in [3.63, 3.8) is 0 Å². The molecule has 0 bridgehead atoms. The average molecular weight is 356 g/mol. The second-order valence-corrected chi connectivity index (χ2v) is 6.58. The molecular weight excluding hydrogens is 337 g/mol. The maximum absolute atomic E-state index is 13.0. The third-order valence-corrected chi connectivity index (χ3v) is 4.68. The zero-order chi connectivity index (χ0) is 17.7. The summed E-state index contributed by atoms with van der Waals surface area (Å²) in [5.41, 5.74) is -0.506. The van der Waals surface area contributed by atoms with Gasteiger partial charge in [0.25, 0.3) is 0 Å². The highest BCUT2D eigenvalue weighted by Crippen LogP contribution is 2.32. The maximum atomic E-state index is 13.0. The Labute approximate surface area is 143 Å². The number of likely N-dealkylation sites (N-methyl/N-ethyl adjacent to an activating group) is 1. The summed E-state index contributed by atoms with van der Waals surface area (Å²) in [6, 6.07) is 8.71. The van der Waals surface area contributed by atoms with Gasteiger partial charge in [0.1, 0.15) is 0 Å². The van der Waals surface area contributed by atoms with Crippen molar-refractivity contribution in [2.75, 3.05) is 7.05 Å². The van der Waals surface area contributed by atoms with Crippen molar-refractivity contribution < 1.29 is 18.0 Å². The van der Waals surface area contributed by atoms with E-state index in [0.29, 0.717) is 6.54 Å². The molecule has 0 radical (unpaired) electrons. The van der Waals surface area contributed by atoms with Crippen LogP contribution in [-0.4, -0.2) is 23.9 Å². The lowest BCUT2D eigenvalue weighted by atomic mass is 10.1. The fraction of sp³-hybridized carbons (Fsp3) is 0.353. The molecule has 0 spiro atoms. The maximum Gasteiger partial charge on any atom is 0.416 e. The number of thiophene rings is 1. The van der Waals surface area contributed by atoms with Gasteiger partial charge in [-0.05, 0) is 37.0 Å². The van der Waals surface area contributed by atoms with Gasteiger partial charge in [-0.2, -0.15) is 13.2 Å². The van der Waals surface area contributed by atoms with Gasteiger partial charge < -0.3 is 5.32 Å². The molecule has 0 saturated carbocycles. The largest absolute Gasteiger partial charge is 0.416 e. The van der Waals surface area contributed by atoms with Crippen molar-refractivity contribution in [2.24, 2.45) is 0 Å². The van der Waals surface area contributed by atoms with E-state index in [4.69, 9.17) is 0 Å². The van der Waals surface area contributed by atoms with Gasteiger partial charge in [0.05, 0.1) is 18.2 Å². The minimum atomic E-state index is -4.40. The summed E-state index contributed by atoms with van der Waals surface area (Å²) in [4.78, 5) is 14.8. The monoisotopic (exact) mass is 356 g/mol. The van der Waals surface area contributed by atoms with Crippen molar-refractivity contribution in [2.45, 2.75) is 32.2 Å². The summed E-state index contributed by atoms with van der Waals surface area (Å²) in [6.07, 6.45) is -4.40. The zero-order valence-electron chi connectivity index (χ0n) is 13.4. The number of nitrogens with zero attached hydrogens (tertiary/aromatic N) is 1. The Bertz CT molecular complexity index is 671. The second-order valence-electron chi connectivity index (χ2n) is 5.54. The summed E-state index contributed by atoms with van der Waals surface area (Å²) in [5, 5.41) is 4.73. The first-order chi connectivity index (χ1) is 11.3. The number of nitrogens with one attached hydrogen (secondary N) is 1. The lowest BCUT2D eigenvalue weighted by Crippen LogP contribution is -2.42. The molecule has 3 nitrogen and oxygen atoms in total. The smallest absolute Gasteiger partial charge is 0.350 e. The quantitative estimate of drug-likeness (QED) is 0.851. The van der Waals surface area contributed by atoms with E-state index in [0.717, 1.165) is 10.9 Å². The van der Waals surface area contributed by atoms with Gasteiger partial charge in [0.2, 0.25) is 5.91 Å². The van der Waals surface area contributed by atoms with Crippen LogP contribution in [0.15, 0.2) is 41.8 Å². The number of rotatable bonds is 6. The standard InChI is InChI=1S/C17H19F3N2OS/c1-12(16(23)21-10-14-7-5-9-24-14)22(2)11-13-6-3-4-8-15(13)17(18,19)20/h3-9,12H,10-11H2,1-2H3,(H,21,23). The van der Waals surface area contributed by atoms with E-state index in [1.165, 1.54) is 23.5 Å². The molecule has 1 aromatic carbocycles. The van der Waals surface area contributed by atoms with Gasteiger partial charge in [-0.15, -0.1) is 11.3 Å². The van der Waals surface area contributed by atoms with Crippen LogP contribution in [0.5, 0.6) is 0 Å². The molecule has 130 valence electrons. The van der Waals surface area contributed by atoms with Gasteiger partial charge in [0, 0.05) is 11.4 Å². The molecule has 1 heterocycles. The van der Waals surface area contributed by atoms with Gasteiger partial charge in [0.15, 0.2) is 0 Å². The molecule has 1 atom stereocenters. The molecule has 1 unspecified atom stereocenters. The van der Waals surface area contributed by atoms with Gasteiger partial charge >= 0.3 is 6.18 Å². The normalized spacial score (nSPS) is 13.1. The Kier molecular flexibility index (Phi) is 6.01. The Morgan fingerprint density at radius 1 is 1.25 bits per heavy atom. The van der Waals surface area contributed by atoms with Crippen LogP contribution in [0.4, 0.5) is 13.2 Å². The van der Waals surface area contributed by atoms with Crippen molar-refractivity contribution >= 4 is 17.2 Å². The summed E-state index contributed by atoms with van der Waals surface area (Å²) in [5.74, 6) is -0.213. The predicted molar refractivity (Wildman–Crippen MR) is 88.5 cm³/mol. The summed E-state index contributed by atoms with van der Waals surface area (Å²) < 4.78 is 39.1. The first-order valence-corrected chi connectivity index (χ1v) is 8.32. The van der Waals surface area contributed by atoms with E-state index >= 15 is 0 Å². The van der Waals surface area contributed by atoms with Crippen LogP contribution in [0.1, 0.15) is 22.9 Å². The van der Waals surface area contributed by atoms with Crippen LogP contribution in [0.25, 0.3) is 0 Å². The fourth-order valence-corrected chi connectivity index (χ4v) is 2.92. The molecule has 1 aromatic heterocycles. The molecule has 0 aliphatic heterocycles. The van der Waals surface area contributed by atoms with E-state index in [-0.39, 0.29) is 18.0 Å². The molecule has 1 amide bonds. The molecule has 0 saturated heterocycles. The molecule has 1 N–H and O–H groups in total. The van der Waals surface area contributed by atoms with Gasteiger partial charge in [-0.25, -0.2) is 0 Å². The fourth-order valence-electron chi connectivity index (χ4n) is 2.28. The van der Waals surface area contributed by atoms with Gasteiger partial charge in [-0.3, -0.25) is 9.69 Å². The number of hydrogen-bond acceptors (Lipinski definition) is 3. The lowest BCUT2D eigenvalue weighted by Gasteiger charge is -2.25. The Morgan fingerprint density at radius 3 is 2.58 bits per heavy atom. The number of amides is 1. The molecule has 2 aromatic rings. The van der Waals surface area contributed by atoms with Crippen LogP contribution in [0, 0.1) is 0 Å². The van der Waals surface area contributed by atoms with Gasteiger partial charge in [-0.1, -0.05) is 24.3 Å². The molecule has 0 aliphatic carbocycles. The first kappa shape index (κ1) is 18.5. The Hall–Kier alpha value is -1.86. The van der Waals surface area contributed by atoms with Crippen LogP contribution < -0.4 is 5.32 Å². The second kappa shape index (κ2) is 7.81. The van der Waals surface area contributed by atoms with Crippen LogP contribution in [0.3, 0.4) is 0 Å². The highest BCUT2D eigenvalue weighted by Gasteiger charge is 2.33. The summed E-state index contributed by atoms with van der Waals surface area (Å²) >= 11 is 1.54. The van der Waals surface area contributed by atoms with Crippen molar-refractivity contribution in [3.8, 4) is 0 Å². The molecule has 0 fully saturated rings. The van der Waals surface area contributed by atoms with E-state index in [1.807, 2.05) is 17.5 Å². The highest BCUT2D eigenvalue weighted by atomic mass is 32.1. The van der Waals surface area contributed by atoms with Crippen LogP contribution in [-0.2, 0) is 24.1 Å². The number of alkyl halides is 3. The number of hydrogen-bond donors (Lipinski definition) is 1. The SMILES string of the molecule is CC(C(=O)NCc1cccs1)N(C)Cc1ccccc1C(F)(F)F. The molecule has 24 heavy (non-hydrogen) atoms. The van der Waals surface area contributed by atoms with E-state index in [2.05, 4.69) is 5.32 Å². The summed E-state index contributed by atoms with van der Waals surface area (Å²) in [7, 11) is 1.64. The lowest BCUT2D eigenvalue weighted by molar-refractivity contribution is -0.138. The van der Waals surface area contributed by atoms with E-state index < -0.39 is 17.8 Å². The summed E-state index contributed by atoms with van der Waals surface area (Å²) in [6.45, 7) is 2.15. The van der Waals surface area contributed by atoms with E-state index in [1.54, 1.807) is 24.9 Å². The Morgan fingerprint density at radius 2 is 1.96 bits per heavy atom. The van der Waals surface area contributed by atoms with Crippen molar-refractivity contribution in [3.05, 3.63) is 57.8 Å². The number of carbonyl (C=O) groups excluding carboxylic acids is 1. The third kappa shape index (κ3) is 4.82. The molecule has 2 rings (SSSR count). The molecular formula is C17H19F3N2OS. The highest BCUT2D eigenvalue weighted by molar-refractivity contribution is 7.09. The third-order valence-electron chi connectivity index (χ3n) is 3.80. The zero-order valence-corrected chi connectivity index (χ0v) is 14.2. The minimum Gasteiger partial charge on any atom is -0.350 e. The number of carbonyl (C=O) groups is 1. The van der Waals surface area contributed by atoms with Crippen molar-refractivity contribution in [1.82, 2.24) is 10.2 Å². The molecule has 0 aliphatic rings. The Balaban J connectivity index is 1.98. The van der Waals surface area contributed by atoms with Crippen LogP contribution >= 0.6 is 11.3 Å². The first-order valence-electron chi connectivity index (χ1n) is 7.44.